The van der Waals surface area contributed by atoms with Gasteiger partial charge in [0.25, 0.3) is 0 Å². The predicted molar refractivity (Wildman–Crippen MR) is 41.3 cm³/mol. The molecule has 2 heterocycles. The van der Waals surface area contributed by atoms with Gasteiger partial charge < -0.3 is 4.42 Å². The Bertz CT molecular complexity index is 340. The fourth-order valence-electron chi connectivity index (χ4n) is 0.751. The minimum absolute atomic E-state index is 0.656. The zero-order chi connectivity index (χ0) is 7.68. The van der Waals surface area contributed by atoms with E-state index in [0.29, 0.717) is 10.5 Å². The van der Waals surface area contributed by atoms with E-state index >= 15 is 0 Å². The molecule has 0 aliphatic carbocycles. The summed E-state index contributed by atoms with van der Waals surface area (Å²) >= 11 is 3.18. The van der Waals surface area contributed by atoms with Crippen molar-refractivity contribution in [3.8, 4) is 5.88 Å². The van der Waals surface area contributed by atoms with E-state index in [1.54, 1.807) is 29.3 Å². The highest BCUT2D eigenvalue weighted by molar-refractivity contribution is 9.10. The van der Waals surface area contributed by atoms with Crippen molar-refractivity contribution in [2.24, 2.45) is 0 Å². The second-order valence-corrected chi connectivity index (χ2v) is 2.75. The van der Waals surface area contributed by atoms with Crippen LogP contribution in [-0.2, 0) is 0 Å². The smallest absolute Gasteiger partial charge is 0.221 e. The van der Waals surface area contributed by atoms with Crippen LogP contribution < -0.4 is 0 Å². The maximum Gasteiger partial charge on any atom is 0.221 e. The Morgan fingerprint density at radius 2 is 2.45 bits per heavy atom. The summed E-state index contributed by atoms with van der Waals surface area (Å²) in [4.78, 5) is 0. The first-order chi connectivity index (χ1) is 5.36. The molecule has 2 aromatic rings. The van der Waals surface area contributed by atoms with E-state index in [9.17, 15) is 0 Å². The SMILES string of the molecule is Brc1cn(-c2ccco2)nn1. The van der Waals surface area contributed by atoms with Crippen LogP contribution in [0.15, 0.2) is 33.6 Å². The molecule has 0 unspecified atom stereocenters. The zero-order valence-electron chi connectivity index (χ0n) is 5.44. The van der Waals surface area contributed by atoms with Crippen molar-refractivity contribution in [1.82, 2.24) is 15.0 Å². The summed E-state index contributed by atoms with van der Waals surface area (Å²) in [7, 11) is 0. The summed E-state index contributed by atoms with van der Waals surface area (Å²) in [6.07, 6.45) is 3.31. The van der Waals surface area contributed by atoms with Gasteiger partial charge in [0, 0.05) is 6.07 Å². The number of rotatable bonds is 1. The van der Waals surface area contributed by atoms with Gasteiger partial charge >= 0.3 is 0 Å². The van der Waals surface area contributed by atoms with E-state index in [-0.39, 0.29) is 0 Å². The Hall–Kier alpha value is -1.10. The van der Waals surface area contributed by atoms with Crippen LogP contribution in [0, 0.1) is 0 Å². The van der Waals surface area contributed by atoms with Crippen LogP contribution in [0.3, 0.4) is 0 Å². The van der Waals surface area contributed by atoms with E-state index in [4.69, 9.17) is 4.42 Å². The molecule has 0 atom stereocenters. The standard InChI is InChI=1S/C6H4BrN3O/c7-5-4-10(9-8-5)6-2-1-3-11-6/h1-4H. The van der Waals surface area contributed by atoms with Crippen LogP contribution >= 0.6 is 15.9 Å². The summed E-state index contributed by atoms with van der Waals surface area (Å²) in [6.45, 7) is 0. The summed E-state index contributed by atoms with van der Waals surface area (Å²) in [6, 6.07) is 3.60. The van der Waals surface area contributed by atoms with Crippen molar-refractivity contribution < 1.29 is 4.42 Å². The topological polar surface area (TPSA) is 43.9 Å². The molecule has 0 amide bonds. The van der Waals surface area contributed by atoms with Crippen molar-refractivity contribution in [1.29, 1.82) is 0 Å². The van der Waals surface area contributed by atoms with Crippen LogP contribution in [0.25, 0.3) is 5.88 Å². The third-order valence-corrected chi connectivity index (χ3v) is 1.56. The van der Waals surface area contributed by atoms with Crippen molar-refractivity contribution >= 4 is 15.9 Å². The first-order valence-corrected chi connectivity index (χ1v) is 3.77. The van der Waals surface area contributed by atoms with Gasteiger partial charge in [-0.2, -0.15) is 4.68 Å². The van der Waals surface area contributed by atoms with Gasteiger partial charge in [-0.3, -0.25) is 0 Å². The summed E-state index contributed by atoms with van der Waals surface area (Å²) in [5.74, 6) is 0.656. The quantitative estimate of drug-likeness (QED) is 0.724. The molecule has 0 aromatic carbocycles. The van der Waals surface area contributed by atoms with Crippen LogP contribution in [-0.4, -0.2) is 15.0 Å². The third kappa shape index (κ3) is 1.19. The van der Waals surface area contributed by atoms with Crippen LogP contribution in [0.4, 0.5) is 0 Å². The number of halogens is 1. The molecular formula is C6H4BrN3O. The fraction of sp³-hybridized carbons (Fsp3) is 0. The minimum atomic E-state index is 0.656. The third-order valence-electron chi connectivity index (χ3n) is 1.20. The molecule has 2 aromatic heterocycles. The summed E-state index contributed by atoms with van der Waals surface area (Å²) in [5.41, 5.74) is 0. The highest BCUT2D eigenvalue weighted by Crippen LogP contribution is 2.09. The lowest BCUT2D eigenvalue weighted by Gasteiger charge is -1.89. The molecule has 5 heteroatoms. The molecule has 0 spiro atoms. The molecule has 0 radical (unpaired) electrons. The predicted octanol–water partition coefficient (Wildman–Crippen LogP) is 1.62. The van der Waals surface area contributed by atoms with Gasteiger partial charge in [0.05, 0.1) is 12.5 Å². The lowest BCUT2D eigenvalue weighted by molar-refractivity contribution is 0.517. The monoisotopic (exact) mass is 213 g/mol. The lowest BCUT2D eigenvalue weighted by Crippen LogP contribution is -1.91. The largest absolute Gasteiger partial charge is 0.447 e. The van der Waals surface area contributed by atoms with E-state index in [1.807, 2.05) is 0 Å². The fourth-order valence-corrected chi connectivity index (χ4v) is 1.02. The molecule has 0 fully saturated rings. The van der Waals surface area contributed by atoms with Crippen molar-refractivity contribution in [2.45, 2.75) is 0 Å². The average molecular weight is 214 g/mol. The first kappa shape index (κ1) is 6.60. The Labute approximate surface area is 70.9 Å². The van der Waals surface area contributed by atoms with E-state index in [1.165, 1.54) is 0 Å². The number of hydrogen-bond acceptors (Lipinski definition) is 3. The Balaban J connectivity index is 2.45. The molecule has 0 aliphatic rings. The van der Waals surface area contributed by atoms with Gasteiger partial charge in [-0.1, -0.05) is 5.21 Å². The Morgan fingerprint density at radius 3 is 3.00 bits per heavy atom. The normalized spacial score (nSPS) is 10.3. The highest BCUT2D eigenvalue weighted by Gasteiger charge is 2.00. The zero-order valence-corrected chi connectivity index (χ0v) is 7.02. The van der Waals surface area contributed by atoms with Gasteiger partial charge in [-0.25, -0.2) is 0 Å². The number of hydrogen-bond donors (Lipinski definition) is 0. The minimum Gasteiger partial charge on any atom is -0.447 e. The molecular weight excluding hydrogens is 210 g/mol. The Morgan fingerprint density at radius 1 is 1.55 bits per heavy atom. The van der Waals surface area contributed by atoms with E-state index in [2.05, 4.69) is 26.2 Å². The highest BCUT2D eigenvalue weighted by atomic mass is 79.9. The van der Waals surface area contributed by atoms with Gasteiger partial charge in [-0.15, -0.1) is 5.10 Å². The van der Waals surface area contributed by atoms with E-state index < -0.39 is 0 Å². The second-order valence-electron chi connectivity index (χ2n) is 1.94. The van der Waals surface area contributed by atoms with Crippen molar-refractivity contribution in [3.63, 3.8) is 0 Å². The number of furan rings is 1. The van der Waals surface area contributed by atoms with Gasteiger partial charge in [0.2, 0.25) is 5.88 Å². The summed E-state index contributed by atoms with van der Waals surface area (Å²) < 4.78 is 7.31. The number of aromatic nitrogens is 3. The summed E-state index contributed by atoms with van der Waals surface area (Å²) in [5, 5.41) is 7.53. The van der Waals surface area contributed by atoms with Crippen LogP contribution in [0.5, 0.6) is 0 Å². The molecule has 11 heavy (non-hydrogen) atoms. The molecule has 0 saturated heterocycles. The van der Waals surface area contributed by atoms with Crippen molar-refractivity contribution in [2.75, 3.05) is 0 Å². The Kier molecular flexibility index (Phi) is 1.50. The molecule has 0 bridgehead atoms. The van der Waals surface area contributed by atoms with Gasteiger partial charge in [-0.05, 0) is 22.0 Å². The van der Waals surface area contributed by atoms with E-state index in [0.717, 1.165) is 0 Å². The average Bonchev–Trinajstić information content (AvgIpc) is 2.55. The molecule has 2 rings (SSSR count). The van der Waals surface area contributed by atoms with Crippen LogP contribution in [0.2, 0.25) is 0 Å². The van der Waals surface area contributed by atoms with Crippen molar-refractivity contribution in [3.05, 3.63) is 29.2 Å². The lowest BCUT2D eigenvalue weighted by atomic mass is 10.6. The molecule has 56 valence electrons. The maximum absolute atomic E-state index is 5.07. The van der Waals surface area contributed by atoms with Gasteiger partial charge in [0.1, 0.15) is 4.60 Å². The number of nitrogens with zero attached hydrogens (tertiary/aromatic N) is 3. The molecule has 0 aliphatic heterocycles. The van der Waals surface area contributed by atoms with Gasteiger partial charge in [0.15, 0.2) is 0 Å². The maximum atomic E-state index is 5.07. The van der Waals surface area contributed by atoms with Crippen LogP contribution in [0.1, 0.15) is 0 Å². The molecule has 4 nitrogen and oxygen atoms in total. The second kappa shape index (κ2) is 2.50. The first-order valence-electron chi connectivity index (χ1n) is 2.98. The molecule has 0 N–H and O–H groups in total. The molecule has 0 saturated carbocycles.